The molecule has 1 fully saturated rings. The van der Waals surface area contributed by atoms with Crippen LogP contribution < -0.4 is 10.2 Å². The van der Waals surface area contributed by atoms with E-state index in [1.165, 1.54) is 12.3 Å². The topological polar surface area (TPSA) is 62.3 Å². The Morgan fingerprint density at radius 2 is 1.96 bits per heavy atom. The van der Waals surface area contributed by atoms with Crippen molar-refractivity contribution in [3.63, 3.8) is 0 Å². The molecule has 25 heavy (non-hydrogen) atoms. The summed E-state index contributed by atoms with van der Waals surface area (Å²) in [4.78, 5) is 30.3. The lowest BCUT2D eigenvalue weighted by atomic mass is 10.0. The average molecular weight is 341 g/mol. The zero-order valence-corrected chi connectivity index (χ0v) is 14.5. The summed E-state index contributed by atoms with van der Waals surface area (Å²) in [5, 5.41) is 2.64. The lowest BCUT2D eigenvalue weighted by molar-refractivity contribution is -0.118. The maximum Gasteiger partial charge on any atom is 0.255 e. The van der Waals surface area contributed by atoms with E-state index < -0.39 is 17.8 Å². The van der Waals surface area contributed by atoms with E-state index in [4.69, 9.17) is 0 Å². The number of aryl methyl sites for hydroxylation is 3. The number of amides is 2. The maximum atomic E-state index is 13.7. The minimum atomic E-state index is -0.701. The summed E-state index contributed by atoms with van der Waals surface area (Å²) in [5.74, 6) is -1.47. The first kappa shape index (κ1) is 17.1. The van der Waals surface area contributed by atoms with Crippen molar-refractivity contribution < 1.29 is 14.0 Å². The van der Waals surface area contributed by atoms with Crippen molar-refractivity contribution in [2.75, 3.05) is 11.4 Å². The first-order valence-corrected chi connectivity index (χ1v) is 8.18. The van der Waals surface area contributed by atoms with Crippen molar-refractivity contribution in [3.8, 4) is 0 Å². The molecule has 1 atom stereocenters. The SMILES string of the molecule is Cc1cc(C)c(N2CCC(NC(=O)c3ccncc3F)C2=O)c(C)c1. The second kappa shape index (κ2) is 6.63. The number of anilines is 1. The van der Waals surface area contributed by atoms with Crippen LogP contribution in [0.3, 0.4) is 0 Å². The minimum Gasteiger partial charge on any atom is -0.340 e. The Labute approximate surface area is 145 Å². The van der Waals surface area contributed by atoms with Crippen LogP contribution in [0.2, 0.25) is 0 Å². The van der Waals surface area contributed by atoms with Gasteiger partial charge in [0.2, 0.25) is 5.91 Å². The summed E-state index contributed by atoms with van der Waals surface area (Å²) in [6, 6.07) is 4.72. The molecular formula is C19H20FN3O2. The Bertz CT molecular complexity index is 827. The monoisotopic (exact) mass is 341 g/mol. The van der Waals surface area contributed by atoms with Crippen molar-refractivity contribution >= 4 is 17.5 Å². The zero-order chi connectivity index (χ0) is 18.1. The molecule has 2 amide bonds. The Kier molecular flexibility index (Phi) is 4.53. The van der Waals surface area contributed by atoms with Crippen LogP contribution in [0.15, 0.2) is 30.6 Å². The Morgan fingerprint density at radius 1 is 1.28 bits per heavy atom. The van der Waals surface area contributed by atoms with E-state index in [9.17, 15) is 14.0 Å². The van der Waals surface area contributed by atoms with Gasteiger partial charge in [0.1, 0.15) is 6.04 Å². The molecule has 5 nitrogen and oxygen atoms in total. The summed E-state index contributed by atoms with van der Waals surface area (Å²) in [7, 11) is 0. The van der Waals surface area contributed by atoms with Gasteiger partial charge in [0.05, 0.1) is 11.8 Å². The summed E-state index contributed by atoms with van der Waals surface area (Å²) in [6.07, 6.45) is 2.82. The van der Waals surface area contributed by atoms with Crippen LogP contribution in [0, 0.1) is 26.6 Å². The Balaban J connectivity index is 1.79. The van der Waals surface area contributed by atoms with Crippen molar-refractivity contribution in [1.82, 2.24) is 10.3 Å². The van der Waals surface area contributed by atoms with Gasteiger partial charge in [0, 0.05) is 18.4 Å². The smallest absolute Gasteiger partial charge is 0.255 e. The Hall–Kier alpha value is -2.76. The van der Waals surface area contributed by atoms with Gasteiger partial charge in [0.15, 0.2) is 5.82 Å². The second-order valence-corrected chi connectivity index (χ2v) is 6.41. The number of rotatable bonds is 3. The van der Waals surface area contributed by atoms with Gasteiger partial charge < -0.3 is 10.2 Å². The molecule has 130 valence electrons. The van der Waals surface area contributed by atoms with Crippen molar-refractivity contribution in [2.24, 2.45) is 0 Å². The molecule has 2 heterocycles. The van der Waals surface area contributed by atoms with E-state index >= 15 is 0 Å². The number of carbonyl (C=O) groups is 2. The quantitative estimate of drug-likeness (QED) is 0.934. The molecule has 1 unspecified atom stereocenters. The number of nitrogens with one attached hydrogen (secondary N) is 1. The third kappa shape index (κ3) is 3.24. The molecule has 0 bridgehead atoms. The fourth-order valence-corrected chi connectivity index (χ4v) is 3.43. The number of hydrogen-bond donors (Lipinski definition) is 1. The van der Waals surface area contributed by atoms with Crippen LogP contribution in [0.4, 0.5) is 10.1 Å². The van der Waals surface area contributed by atoms with Crippen LogP contribution in [-0.2, 0) is 4.79 Å². The second-order valence-electron chi connectivity index (χ2n) is 6.41. The lowest BCUT2D eigenvalue weighted by Crippen LogP contribution is -2.42. The summed E-state index contributed by atoms with van der Waals surface area (Å²) >= 11 is 0. The zero-order valence-electron chi connectivity index (χ0n) is 14.5. The van der Waals surface area contributed by atoms with Gasteiger partial charge in [-0.05, 0) is 44.4 Å². The molecule has 3 rings (SSSR count). The number of carbonyl (C=O) groups excluding carboxylic acids is 2. The van der Waals surface area contributed by atoms with Gasteiger partial charge in [0.25, 0.3) is 5.91 Å². The van der Waals surface area contributed by atoms with Crippen LogP contribution in [0.5, 0.6) is 0 Å². The van der Waals surface area contributed by atoms with Crippen LogP contribution in [0.25, 0.3) is 0 Å². The van der Waals surface area contributed by atoms with E-state index in [2.05, 4.69) is 10.3 Å². The highest BCUT2D eigenvalue weighted by molar-refractivity contribution is 6.04. The Morgan fingerprint density at radius 3 is 2.60 bits per heavy atom. The van der Waals surface area contributed by atoms with Gasteiger partial charge in [-0.2, -0.15) is 0 Å². The summed E-state index contributed by atoms with van der Waals surface area (Å²) in [6.45, 7) is 6.48. The highest BCUT2D eigenvalue weighted by Gasteiger charge is 2.35. The van der Waals surface area contributed by atoms with E-state index in [-0.39, 0.29) is 11.5 Å². The molecule has 0 spiro atoms. The standard InChI is InChI=1S/C19H20FN3O2/c1-11-8-12(2)17(13(3)9-11)23-7-5-16(19(23)25)22-18(24)14-4-6-21-10-15(14)20/h4,6,8-10,16H,5,7H2,1-3H3,(H,22,24). The molecule has 0 saturated carbocycles. The number of hydrogen-bond acceptors (Lipinski definition) is 3. The third-order valence-corrected chi connectivity index (χ3v) is 4.43. The predicted octanol–water partition coefficient (Wildman–Crippen LogP) is 2.68. The molecule has 1 aliphatic heterocycles. The minimum absolute atomic E-state index is 0.107. The normalized spacial score (nSPS) is 17.0. The highest BCUT2D eigenvalue weighted by Crippen LogP contribution is 2.30. The molecule has 1 saturated heterocycles. The van der Waals surface area contributed by atoms with Gasteiger partial charge in [-0.1, -0.05) is 17.7 Å². The van der Waals surface area contributed by atoms with E-state index in [1.54, 1.807) is 4.90 Å². The van der Waals surface area contributed by atoms with Crippen molar-refractivity contribution in [2.45, 2.75) is 33.2 Å². The maximum absolute atomic E-state index is 13.7. The predicted molar refractivity (Wildman–Crippen MR) is 93.1 cm³/mol. The van der Waals surface area contributed by atoms with Gasteiger partial charge in [-0.25, -0.2) is 4.39 Å². The largest absolute Gasteiger partial charge is 0.340 e. The number of benzene rings is 1. The lowest BCUT2D eigenvalue weighted by Gasteiger charge is -2.22. The molecular weight excluding hydrogens is 321 g/mol. The van der Waals surface area contributed by atoms with E-state index in [0.29, 0.717) is 13.0 Å². The van der Waals surface area contributed by atoms with E-state index in [0.717, 1.165) is 28.6 Å². The molecule has 1 N–H and O–H groups in total. The average Bonchev–Trinajstić information content (AvgIpc) is 2.88. The van der Waals surface area contributed by atoms with Gasteiger partial charge in [-0.3, -0.25) is 14.6 Å². The summed E-state index contributed by atoms with van der Waals surface area (Å²) in [5.41, 5.74) is 3.98. The third-order valence-electron chi connectivity index (χ3n) is 4.43. The van der Waals surface area contributed by atoms with Crippen molar-refractivity contribution in [1.29, 1.82) is 0 Å². The fraction of sp³-hybridized carbons (Fsp3) is 0.316. The van der Waals surface area contributed by atoms with Gasteiger partial charge in [-0.15, -0.1) is 0 Å². The van der Waals surface area contributed by atoms with Crippen molar-refractivity contribution in [3.05, 3.63) is 58.7 Å². The van der Waals surface area contributed by atoms with E-state index in [1.807, 2.05) is 32.9 Å². The highest BCUT2D eigenvalue weighted by atomic mass is 19.1. The first-order valence-electron chi connectivity index (χ1n) is 8.18. The number of aromatic nitrogens is 1. The first-order chi connectivity index (χ1) is 11.9. The molecule has 1 aliphatic rings. The molecule has 6 heteroatoms. The van der Waals surface area contributed by atoms with Gasteiger partial charge >= 0.3 is 0 Å². The molecule has 0 radical (unpaired) electrons. The van der Waals surface area contributed by atoms with Crippen LogP contribution in [0.1, 0.15) is 33.5 Å². The molecule has 0 aliphatic carbocycles. The number of halogens is 1. The van der Waals surface area contributed by atoms with Crippen LogP contribution in [-0.4, -0.2) is 29.4 Å². The summed E-state index contributed by atoms with van der Waals surface area (Å²) < 4.78 is 13.7. The fourth-order valence-electron chi connectivity index (χ4n) is 3.43. The molecule has 2 aromatic rings. The van der Waals surface area contributed by atoms with Crippen LogP contribution >= 0.6 is 0 Å². The number of pyridine rings is 1. The number of nitrogens with zero attached hydrogens (tertiary/aromatic N) is 2. The molecule has 1 aromatic heterocycles. The molecule has 1 aromatic carbocycles.